The van der Waals surface area contributed by atoms with Crippen molar-refractivity contribution in [3.05, 3.63) is 12.2 Å². The average Bonchev–Trinajstić information content (AvgIpc) is 2.74. The molecule has 0 aliphatic rings. The zero-order valence-electron chi connectivity index (χ0n) is 10.2. The van der Waals surface area contributed by atoms with Crippen molar-refractivity contribution in [3.63, 3.8) is 0 Å². The number of rotatable bonds is 7. The Hall–Kier alpha value is -0.940. The van der Waals surface area contributed by atoms with Gasteiger partial charge in [0, 0.05) is 24.9 Å². The standard InChI is InChI=1S/C11H22N4O/c1-3-5-15-10(13-9-14-15)6-11(4-2,7-12)8-16/h9,16H,3-8,12H2,1-2H3. The van der Waals surface area contributed by atoms with Gasteiger partial charge in [0.25, 0.3) is 0 Å². The van der Waals surface area contributed by atoms with Gasteiger partial charge in [-0.25, -0.2) is 4.98 Å². The highest BCUT2D eigenvalue weighted by Crippen LogP contribution is 2.24. The summed E-state index contributed by atoms with van der Waals surface area (Å²) in [5.41, 5.74) is 5.50. The maximum atomic E-state index is 9.46. The molecule has 0 aliphatic carbocycles. The van der Waals surface area contributed by atoms with Gasteiger partial charge < -0.3 is 10.8 Å². The molecule has 0 saturated heterocycles. The Labute approximate surface area is 96.7 Å². The molecular formula is C11H22N4O. The second-order valence-corrected chi connectivity index (χ2v) is 4.29. The minimum absolute atomic E-state index is 0.0962. The Morgan fingerprint density at radius 3 is 2.75 bits per heavy atom. The lowest BCUT2D eigenvalue weighted by Gasteiger charge is -2.28. The van der Waals surface area contributed by atoms with Gasteiger partial charge in [0.15, 0.2) is 0 Å². The fourth-order valence-corrected chi connectivity index (χ4v) is 1.73. The first-order valence-corrected chi connectivity index (χ1v) is 5.89. The molecule has 1 aromatic rings. The minimum atomic E-state index is -0.251. The van der Waals surface area contributed by atoms with Gasteiger partial charge >= 0.3 is 0 Å². The third-order valence-corrected chi connectivity index (χ3v) is 3.18. The number of nitrogens with two attached hydrogens (primary N) is 1. The number of aryl methyl sites for hydroxylation is 1. The summed E-state index contributed by atoms with van der Waals surface area (Å²) in [6.07, 6.45) is 4.13. The summed E-state index contributed by atoms with van der Waals surface area (Å²) in [5.74, 6) is 0.920. The van der Waals surface area contributed by atoms with Crippen LogP contribution in [0.15, 0.2) is 6.33 Å². The molecule has 1 rings (SSSR count). The highest BCUT2D eigenvalue weighted by atomic mass is 16.3. The topological polar surface area (TPSA) is 77.0 Å². The Kier molecular flexibility index (Phi) is 4.89. The van der Waals surface area contributed by atoms with Crippen molar-refractivity contribution in [3.8, 4) is 0 Å². The van der Waals surface area contributed by atoms with Crippen LogP contribution in [0.4, 0.5) is 0 Å². The lowest BCUT2D eigenvalue weighted by atomic mass is 9.82. The van der Waals surface area contributed by atoms with E-state index in [1.54, 1.807) is 6.33 Å². The minimum Gasteiger partial charge on any atom is -0.396 e. The third-order valence-electron chi connectivity index (χ3n) is 3.18. The molecule has 1 aromatic heterocycles. The van der Waals surface area contributed by atoms with Gasteiger partial charge in [0.05, 0.1) is 6.61 Å². The molecule has 1 atom stereocenters. The van der Waals surface area contributed by atoms with Crippen molar-refractivity contribution in [2.24, 2.45) is 11.1 Å². The summed E-state index contributed by atoms with van der Waals surface area (Å²) in [4.78, 5) is 4.25. The van der Waals surface area contributed by atoms with Crippen LogP contribution in [0.3, 0.4) is 0 Å². The van der Waals surface area contributed by atoms with E-state index in [9.17, 15) is 5.11 Å². The van der Waals surface area contributed by atoms with Crippen LogP contribution >= 0.6 is 0 Å². The molecule has 0 fully saturated rings. The van der Waals surface area contributed by atoms with Gasteiger partial charge in [-0.2, -0.15) is 5.10 Å². The molecule has 3 N–H and O–H groups in total. The summed E-state index contributed by atoms with van der Waals surface area (Å²) in [5, 5.41) is 13.6. The highest BCUT2D eigenvalue weighted by Gasteiger charge is 2.28. The lowest BCUT2D eigenvalue weighted by molar-refractivity contribution is 0.123. The van der Waals surface area contributed by atoms with E-state index in [1.807, 2.05) is 11.6 Å². The van der Waals surface area contributed by atoms with Crippen LogP contribution in [0.25, 0.3) is 0 Å². The average molecular weight is 226 g/mol. The maximum Gasteiger partial charge on any atom is 0.138 e. The second-order valence-electron chi connectivity index (χ2n) is 4.29. The van der Waals surface area contributed by atoms with Crippen LogP contribution in [0, 0.1) is 5.41 Å². The lowest BCUT2D eigenvalue weighted by Crippen LogP contribution is -2.36. The maximum absolute atomic E-state index is 9.46. The number of hydrogen-bond donors (Lipinski definition) is 2. The normalized spacial score (nSPS) is 15.0. The summed E-state index contributed by atoms with van der Waals surface area (Å²) in [7, 11) is 0. The highest BCUT2D eigenvalue weighted by molar-refractivity contribution is 4.94. The SMILES string of the molecule is CCCn1ncnc1CC(CC)(CN)CO. The monoisotopic (exact) mass is 226 g/mol. The van der Waals surface area contributed by atoms with Gasteiger partial charge in [-0.15, -0.1) is 0 Å². The number of aliphatic hydroxyl groups is 1. The summed E-state index contributed by atoms with van der Waals surface area (Å²) in [6, 6.07) is 0. The predicted octanol–water partition coefficient (Wildman–Crippen LogP) is 0.578. The molecule has 0 aliphatic heterocycles. The van der Waals surface area contributed by atoms with E-state index in [2.05, 4.69) is 17.0 Å². The predicted molar refractivity (Wildman–Crippen MR) is 62.9 cm³/mol. The van der Waals surface area contributed by atoms with E-state index in [-0.39, 0.29) is 12.0 Å². The molecule has 0 amide bonds. The van der Waals surface area contributed by atoms with Gasteiger partial charge in [-0.3, -0.25) is 4.68 Å². The van der Waals surface area contributed by atoms with Crippen LogP contribution in [-0.2, 0) is 13.0 Å². The molecular weight excluding hydrogens is 204 g/mol. The van der Waals surface area contributed by atoms with Crippen LogP contribution < -0.4 is 5.73 Å². The fourth-order valence-electron chi connectivity index (χ4n) is 1.73. The van der Waals surface area contributed by atoms with E-state index in [0.29, 0.717) is 13.0 Å². The van der Waals surface area contributed by atoms with E-state index in [4.69, 9.17) is 5.73 Å². The molecule has 5 heteroatoms. The van der Waals surface area contributed by atoms with Crippen LogP contribution in [0.1, 0.15) is 32.5 Å². The second kappa shape index (κ2) is 5.96. The van der Waals surface area contributed by atoms with Gasteiger partial charge in [0.2, 0.25) is 0 Å². The number of hydrogen-bond acceptors (Lipinski definition) is 4. The summed E-state index contributed by atoms with van der Waals surface area (Å²) in [6.45, 7) is 5.58. The smallest absolute Gasteiger partial charge is 0.138 e. The fraction of sp³-hybridized carbons (Fsp3) is 0.818. The largest absolute Gasteiger partial charge is 0.396 e. The molecule has 0 bridgehead atoms. The molecule has 1 heterocycles. The molecule has 0 saturated carbocycles. The van der Waals surface area contributed by atoms with Gasteiger partial charge in [0.1, 0.15) is 12.2 Å². The Bertz CT molecular complexity index is 298. The van der Waals surface area contributed by atoms with Crippen LogP contribution in [0.2, 0.25) is 0 Å². The van der Waals surface area contributed by atoms with Gasteiger partial charge in [-0.05, 0) is 12.8 Å². The number of nitrogens with zero attached hydrogens (tertiary/aromatic N) is 3. The van der Waals surface area contributed by atoms with E-state index < -0.39 is 0 Å². The third kappa shape index (κ3) is 2.80. The Morgan fingerprint density at radius 1 is 1.50 bits per heavy atom. The van der Waals surface area contributed by atoms with Crippen LogP contribution in [0.5, 0.6) is 0 Å². The quantitative estimate of drug-likeness (QED) is 0.713. The summed E-state index contributed by atoms with van der Waals surface area (Å²) < 4.78 is 1.90. The molecule has 92 valence electrons. The molecule has 1 unspecified atom stereocenters. The zero-order valence-corrected chi connectivity index (χ0v) is 10.2. The molecule has 0 spiro atoms. The van der Waals surface area contributed by atoms with Crippen molar-refractivity contribution in [2.45, 2.75) is 39.7 Å². The van der Waals surface area contributed by atoms with E-state index in [1.165, 1.54) is 0 Å². The molecule has 0 aromatic carbocycles. The number of aromatic nitrogens is 3. The summed E-state index contributed by atoms with van der Waals surface area (Å²) >= 11 is 0. The number of aliphatic hydroxyl groups excluding tert-OH is 1. The van der Waals surface area contributed by atoms with E-state index in [0.717, 1.165) is 25.2 Å². The first-order chi connectivity index (χ1) is 7.71. The first-order valence-electron chi connectivity index (χ1n) is 5.89. The Morgan fingerprint density at radius 2 is 2.25 bits per heavy atom. The van der Waals surface area contributed by atoms with Crippen molar-refractivity contribution < 1.29 is 5.11 Å². The molecule has 5 nitrogen and oxygen atoms in total. The van der Waals surface area contributed by atoms with E-state index >= 15 is 0 Å². The Balaban J connectivity index is 2.80. The first kappa shape index (κ1) is 13.1. The van der Waals surface area contributed by atoms with Crippen molar-refractivity contribution >= 4 is 0 Å². The molecule has 16 heavy (non-hydrogen) atoms. The van der Waals surface area contributed by atoms with Crippen molar-refractivity contribution in [1.82, 2.24) is 14.8 Å². The molecule has 0 radical (unpaired) electrons. The van der Waals surface area contributed by atoms with Crippen LogP contribution in [-0.4, -0.2) is 33.0 Å². The van der Waals surface area contributed by atoms with Crippen molar-refractivity contribution in [1.29, 1.82) is 0 Å². The zero-order chi connectivity index (χ0) is 12.0. The van der Waals surface area contributed by atoms with Crippen molar-refractivity contribution in [2.75, 3.05) is 13.2 Å². The van der Waals surface area contributed by atoms with Gasteiger partial charge in [-0.1, -0.05) is 13.8 Å².